The first kappa shape index (κ1) is 22.6. The van der Waals surface area contributed by atoms with Crippen LogP contribution in [0.4, 0.5) is 5.69 Å². The monoisotopic (exact) mass is 400 g/mol. The third kappa shape index (κ3) is 6.39. The van der Waals surface area contributed by atoms with Crippen molar-refractivity contribution in [2.75, 3.05) is 39.2 Å². The number of carbonyl (C=O) groups is 1. The van der Waals surface area contributed by atoms with Gasteiger partial charge in [-0.2, -0.15) is 0 Å². The van der Waals surface area contributed by atoms with Gasteiger partial charge in [-0.25, -0.2) is 0 Å². The molecule has 6 heteroatoms. The van der Waals surface area contributed by atoms with E-state index in [2.05, 4.69) is 17.4 Å². The van der Waals surface area contributed by atoms with Gasteiger partial charge in [0.15, 0.2) is 0 Å². The number of anilines is 1. The molecule has 0 atom stereocenters. The zero-order chi connectivity index (χ0) is 21.4. The van der Waals surface area contributed by atoms with Gasteiger partial charge >= 0.3 is 0 Å². The maximum atomic E-state index is 12.6. The van der Waals surface area contributed by atoms with Crippen LogP contribution in [-0.4, -0.2) is 44.7 Å². The van der Waals surface area contributed by atoms with Gasteiger partial charge in [0.1, 0.15) is 17.2 Å². The highest BCUT2D eigenvalue weighted by Crippen LogP contribution is 2.29. The Morgan fingerprint density at radius 3 is 2.28 bits per heavy atom. The Balaban J connectivity index is 2.04. The average Bonchev–Trinajstić information content (AvgIpc) is 2.63. The summed E-state index contributed by atoms with van der Waals surface area (Å²) < 4.78 is 16.6. The van der Waals surface area contributed by atoms with E-state index in [1.165, 1.54) is 0 Å². The topological polar surface area (TPSA) is 60.0 Å². The lowest BCUT2D eigenvalue weighted by molar-refractivity contribution is -0.117. The minimum atomic E-state index is -0.107. The third-order valence-corrected chi connectivity index (χ3v) is 4.43. The molecule has 158 valence electrons. The smallest absolute Gasteiger partial charge is 0.238 e. The Morgan fingerprint density at radius 1 is 1.03 bits per heavy atom. The molecule has 2 rings (SSSR count). The van der Waals surface area contributed by atoms with Crippen molar-refractivity contribution in [2.24, 2.45) is 0 Å². The second-order valence-corrected chi connectivity index (χ2v) is 7.01. The Hall–Kier alpha value is -2.73. The van der Waals surface area contributed by atoms with Crippen molar-refractivity contribution in [1.82, 2.24) is 4.90 Å². The lowest BCUT2D eigenvalue weighted by Gasteiger charge is -2.19. The largest absolute Gasteiger partial charge is 0.496 e. The number of hydrogen-bond donors (Lipinski definition) is 1. The number of nitrogens with one attached hydrogen (secondary N) is 1. The van der Waals surface area contributed by atoms with E-state index in [0.29, 0.717) is 36.9 Å². The number of nitrogens with zero attached hydrogens (tertiary/aromatic N) is 1. The molecule has 6 nitrogen and oxygen atoms in total. The number of rotatable bonds is 10. The van der Waals surface area contributed by atoms with Gasteiger partial charge in [-0.3, -0.25) is 9.69 Å². The van der Waals surface area contributed by atoms with Gasteiger partial charge in [0, 0.05) is 12.6 Å². The molecule has 0 aliphatic rings. The fourth-order valence-corrected chi connectivity index (χ4v) is 3.40. The second kappa shape index (κ2) is 10.7. The zero-order valence-corrected chi connectivity index (χ0v) is 18.3. The number of carbonyl (C=O) groups excluding carboxylic acids is 1. The highest BCUT2D eigenvalue weighted by atomic mass is 16.5. The lowest BCUT2D eigenvalue weighted by Crippen LogP contribution is -2.30. The van der Waals surface area contributed by atoms with Crippen molar-refractivity contribution < 1.29 is 19.0 Å². The maximum absolute atomic E-state index is 12.6. The molecule has 0 spiro atoms. The van der Waals surface area contributed by atoms with Crippen LogP contribution < -0.4 is 19.5 Å². The summed E-state index contributed by atoms with van der Waals surface area (Å²) in [7, 11) is 3.61. The molecule has 0 fully saturated rings. The Kier molecular flexibility index (Phi) is 8.34. The molecule has 2 aromatic rings. The lowest BCUT2D eigenvalue weighted by atomic mass is 10.1. The Labute approximate surface area is 173 Å². The molecule has 0 bridgehead atoms. The molecule has 0 unspecified atom stereocenters. The summed E-state index contributed by atoms with van der Waals surface area (Å²) in [5.74, 6) is 2.13. The molecule has 0 aromatic heterocycles. The molecule has 0 radical (unpaired) electrons. The number of methoxy groups -OCH3 is 1. The van der Waals surface area contributed by atoms with Crippen LogP contribution in [0.25, 0.3) is 0 Å². The normalized spacial score (nSPS) is 10.7. The standard InChI is InChI=1S/C23H32N2O4/c1-7-28-19-9-10-21(29-8-2)20(13-19)24-22(26)15-25(5)14-18-11-16(3)23(27-6)17(4)12-18/h9-13H,7-8,14-15H2,1-6H3,(H,24,26). The Morgan fingerprint density at radius 2 is 1.69 bits per heavy atom. The van der Waals surface area contributed by atoms with Gasteiger partial charge in [0.25, 0.3) is 0 Å². The predicted octanol–water partition coefficient (Wildman–Crippen LogP) is 4.18. The summed E-state index contributed by atoms with van der Waals surface area (Å²) in [6.45, 7) is 9.90. The number of hydrogen-bond acceptors (Lipinski definition) is 5. The molecule has 29 heavy (non-hydrogen) atoms. The van der Waals surface area contributed by atoms with Crippen LogP contribution in [0.2, 0.25) is 0 Å². The van der Waals surface area contributed by atoms with Gasteiger partial charge in [-0.1, -0.05) is 12.1 Å². The maximum Gasteiger partial charge on any atom is 0.238 e. The van der Waals surface area contributed by atoms with Gasteiger partial charge < -0.3 is 19.5 Å². The summed E-state index contributed by atoms with van der Waals surface area (Å²) in [6.07, 6.45) is 0. The Bertz CT molecular complexity index is 813. The number of ether oxygens (including phenoxy) is 3. The van der Waals surface area contributed by atoms with E-state index in [1.54, 1.807) is 13.2 Å². The van der Waals surface area contributed by atoms with Crippen LogP contribution in [0, 0.1) is 13.8 Å². The third-order valence-electron chi connectivity index (χ3n) is 4.43. The molecular weight excluding hydrogens is 368 g/mol. The van der Waals surface area contributed by atoms with Crippen molar-refractivity contribution >= 4 is 11.6 Å². The van der Waals surface area contributed by atoms with E-state index in [4.69, 9.17) is 14.2 Å². The summed E-state index contributed by atoms with van der Waals surface area (Å²) in [5, 5.41) is 2.95. The summed E-state index contributed by atoms with van der Waals surface area (Å²) in [6, 6.07) is 9.64. The highest BCUT2D eigenvalue weighted by molar-refractivity contribution is 5.94. The van der Waals surface area contributed by atoms with E-state index in [9.17, 15) is 4.79 Å². The minimum absolute atomic E-state index is 0.107. The van der Waals surface area contributed by atoms with Crippen LogP contribution in [-0.2, 0) is 11.3 Å². The molecular formula is C23H32N2O4. The molecule has 2 aromatic carbocycles. The number of likely N-dealkylation sites (N-methyl/N-ethyl adjacent to an activating group) is 1. The summed E-state index contributed by atoms with van der Waals surface area (Å²) >= 11 is 0. The SMILES string of the molecule is CCOc1ccc(OCC)c(NC(=O)CN(C)Cc2cc(C)c(OC)c(C)c2)c1. The quantitative estimate of drug-likeness (QED) is 0.648. The molecule has 0 saturated carbocycles. The highest BCUT2D eigenvalue weighted by Gasteiger charge is 2.13. The first-order valence-corrected chi connectivity index (χ1v) is 9.90. The van der Waals surface area contributed by atoms with E-state index >= 15 is 0 Å². The summed E-state index contributed by atoms with van der Waals surface area (Å²) in [4.78, 5) is 14.6. The molecule has 0 aliphatic heterocycles. The van der Waals surface area contributed by atoms with Crippen LogP contribution >= 0.6 is 0 Å². The van der Waals surface area contributed by atoms with Gasteiger partial charge in [0.2, 0.25) is 5.91 Å². The van der Waals surface area contributed by atoms with Crippen LogP contribution in [0.3, 0.4) is 0 Å². The van der Waals surface area contributed by atoms with E-state index in [0.717, 1.165) is 22.4 Å². The second-order valence-electron chi connectivity index (χ2n) is 7.01. The summed E-state index contributed by atoms with van der Waals surface area (Å²) in [5.41, 5.74) is 3.95. The molecule has 1 N–H and O–H groups in total. The molecule has 0 aliphatic carbocycles. The van der Waals surface area contributed by atoms with Crippen molar-refractivity contribution in [3.63, 3.8) is 0 Å². The van der Waals surface area contributed by atoms with E-state index in [1.807, 2.05) is 51.8 Å². The molecule has 1 amide bonds. The van der Waals surface area contributed by atoms with Crippen molar-refractivity contribution in [3.8, 4) is 17.2 Å². The first-order valence-electron chi connectivity index (χ1n) is 9.90. The minimum Gasteiger partial charge on any atom is -0.496 e. The number of aryl methyl sites for hydroxylation is 2. The number of amides is 1. The van der Waals surface area contributed by atoms with Crippen molar-refractivity contribution in [2.45, 2.75) is 34.2 Å². The van der Waals surface area contributed by atoms with E-state index < -0.39 is 0 Å². The van der Waals surface area contributed by atoms with E-state index in [-0.39, 0.29) is 12.5 Å². The molecule has 0 heterocycles. The first-order chi connectivity index (χ1) is 13.9. The van der Waals surface area contributed by atoms with Crippen molar-refractivity contribution in [1.29, 1.82) is 0 Å². The predicted molar refractivity (Wildman–Crippen MR) is 116 cm³/mol. The van der Waals surface area contributed by atoms with Gasteiger partial charge in [0.05, 0.1) is 32.6 Å². The number of benzene rings is 2. The molecule has 0 saturated heterocycles. The van der Waals surface area contributed by atoms with Crippen LogP contribution in [0.1, 0.15) is 30.5 Å². The average molecular weight is 401 g/mol. The fourth-order valence-electron chi connectivity index (χ4n) is 3.40. The van der Waals surface area contributed by atoms with Crippen LogP contribution in [0.15, 0.2) is 30.3 Å². The van der Waals surface area contributed by atoms with Gasteiger partial charge in [-0.15, -0.1) is 0 Å². The van der Waals surface area contributed by atoms with Crippen LogP contribution in [0.5, 0.6) is 17.2 Å². The van der Waals surface area contributed by atoms with Gasteiger partial charge in [-0.05, 0) is 63.6 Å². The zero-order valence-electron chi connectivity index (χ0n) is 18.3. The fraction of sp³-hybridized carbons (Fsp3) is 0.435. The van der Waals surface area contributed by atoms with Crippen molar-refractivity contribution in [3.05, 3.63) is 47.0 Å².